The molecule has 3 fully saturated rings. The summed E-state index contributed by atoms with van der Waals surface area (Å²) in [6.07, 6.45) is 1.90. The van der Waals surface area contributed by atoms with Crippen molar-refractivity contribution in [2.75, 3.05) is 26.2 Å². The number of hydrogen-bond donors (Lipinski definition) is 0. The molecule has 0 aromatic heterocycles. The van der Waals surface area contributed by atoms with E-state index in [1.54, 1.807) is 0 Å². The van der Waals surface area contributed by atoms with Crippen LogP contribution < -0.4 is 0 Å². The Morgan fingerprint density at radius 2 is 1.61 bits per heavy atom. The number of benzene rings is 2. The first-order valence-electron chi connectivity index (χ1n) is 11.9. The molecule has 2 aliphatic heterocycles. The van der Waals surface area contributed by atoms with Crippen LogP contribution in [0.2, 0.25) is 0 Å². The van der Waals surface area contributed by atoms with Crippen molar-refractivity contribution in [1.29, 1.82) is 0 Å². The van der Waals surface area contributed by atoms with Gasteiger partial charge in [0, 0.05) is 51.6 Å². The number of piperazine rings is 1. The average Bonchev–Trinajstić information content (AvgIpc) is 3.61. The fraction of sp³-hybridized carbons (Fsp3) is 0.444. The Labute approximate surface area is 195 Å². The van der Waals surface area contributed by atoms with Crippen LogP contribution in [0.3, 0.4) is 0 Å². The number of nitrogens with zero attached hydrogens (tertiary/aromatic N) is 3. The van der Waals surface area contributed by atoms with E-state index in [2.05, 4.69) is 17.0 Å². The molecule has 0 bridgehead atoms. The van der Waals surface area contributed by atoms with Crippen LogP contribution in [0.5, 0.6) is 0 Å². The number of imide groups is 1. The molecular formula is C27H31N3O3. The summed E-state index contributed by atoms with van der Waals surface area (Å²) in [4.78, 5) is 45.8. The van der Waals surface area contributed by atoms with E-state index >= 15 is 0 Å². The highest BCUT2D eigenvalue weighted by Crippen LogP contribution is 2.45. The van der Waals surface area contributed by atoms with Gasteiger partial charge in [0.2, 0.25) is 17.7 Å². The lowest BCUT2D eigenvalue weighted by Crippen LogP contribution is -2.50. The molecule has 2 aromatic rings. The second-order valence-electron chi connectivity index (χ2n) is 9.69. The van der Waals surface area contributed by atoms with Crippen LogP contribution in [-0.2, 0) is 26.3 Å². The fourth-order valence-electron chi connectivity index (χ4n) is 5.39. The van der Waals surface area contributed by atoms with Gasteiger partial charge in [-0.05, 0) is 36.5 Å². The van der Waals surface area contributed by atoms with Gasteiger partial charge in [0.05, 0.1) is 5.41 Å². The highest BCUT2D eigenvalue weighted by Gasteiger charge is 2.57. The van der Waals surface area contributed by atoms with Gasteiger partial charge in [0.1, 0.15) is 0 Å². The largest absolute Gasteiger partial charge is 0.340 e. The molecule has 0 N–H and O–H groups in total. The van der Waals surface area contributed by atoms with Crippen molar-refractivity contribution in [3.05, 3.63) is 71.3 Å². The molecule has 1 aliphatic carbocycles. The van der Waals surface area contributed by atoms with E-state index in [1.807, 2.05) is 54.3 Å². The van der Waals surface area contributed by atoms with Crippen LogP contribution in [0.1, 0.15) is 42.4 Å². The molecule has 5 rings (SSSR count). The van der Waals surface area contributed by atoms with Gasteiger partial charge in [-0.2, -0.15) is 0 Å². The van der Waals surface area contributed by atoms with Gasteiger partial charge in [0.25, 0.3) is 0 Å². The van der Waals surface area contributed by atoms with E-state index in [9.17, 15) is 14.4 Å². The minimum atomic E-state index is -1.08. The predicted molar refractivity (Wildman–Crippen MR) is 125 cm³/mol. The lowest BCUT2D eigenvalue weighted by molar-refractivity contribution is -0.143. The fourth-order valence-corrected chi connectivity index (χ4v) is 5.39. The molecule has 1 atom stereocenters. The standard InChI is InChI=1S/C27H31N3O3/c1-20-7-5-6-10-23(20)27(18-25(32)30(26(27)33)22-11-12-22)17-24(31)29-15-13-28(14-16-29)19-21-8-3-2-4-9-21/h2-10,22H,11-19H2,1H3/t27-/m0/s1. The topological polar surface area (TPSA) is 60.9 Å². The van der Waals surface area contributed by atoms with Gasteiger partial charge in [-0.25, -0.2) is 0 Å². The van der Waals surface area contributed by atoms with E-state index in [0.717, 1.165) is 43.6 Å². The molecule has 3 aliphatic rings. The molecule has 2 heterocycles. The Kier molecular flexibility index (Phi) is 5.79. The zero-order valence-electron chi connectivity index (χ0n) is 19.2. The van der Waals surface area contributed by atoms with E-state index in [0.29, 0.717) is 13.1 Å². The first-order valence-corrected chi connectivity index (χ1v) is 11.9. The second kappa shape index (κ2) is 8.75. The summed E-state index contributed by atoms with van der Waals surface area (Å²) in [5.74, 6) is -0.344. The number of carbonyl (C=O) groups is 3. The zero-order valence-corrected chi connectivity index (χ0v) is 19.2. The number of hydrogen-bond acceptors (Lipinski definition) is 4. The molecule has 2 aromatic carbocycles. The number of likely N-dealkylation sites (tertiary alicyclic amines) is 1. The van der Waals surface area contributed by atoms with E-state index < -0.39 is 5.41 Å². The van der Waals surface area contributed by atoms with E-state index in [1.165, 1.54) is 10.5 Å². The van der Waals surface area contributed by atoms with Crippen LogP contribution >= 0.6 is 0 Å². The zero-order chi connectivity index (χ0) is 23.0. The second-order valence-corrected chi connectivity index (χ2v) is 9.69. The van der Waals surface area contributed by atoms with Crippen LogP contribution in [-0.4, -0.2) is 64.6 Å². The van der Waals surface area contributed by atoms with Gasteiger partial charge in [0.15, 0.2) is 0 Å². The maximum absolute atomic E-state index is 13.7. The third-order valence-electron chi connectivity index (χ3n) is 7.35. The minimum Gasteiger partial charge on any atom is -0.340 e. The molecule has 0 unspecified atom stereocenters. The molecule has 0 spiro atoms. The van der Waals surface area contributed by atoms with Crippen molar-refractivity contribution >= 4 is 17.7 Å². The molecular weight excluding hydrogens is 414 g/mol. The highest BCUT2D eigenvalue weighted by molar-refractivity contribution is 6.11. The van der Waals surface area contributed by atoms with Crippen LogP contribution in [0.25, 0.3) is 0 Å². The van der Waals surface area contributed by atoms with Crippen LogP contribution in [0, 0.1) is 6.92 Å². The minimum absolute atomic E-state index is 0.0209. The van der Waals surface area contributed by atoms with E-state index in [-0.39, 0.29) is 36.6 Å². The molecule has 3 amide bonds. The van der Waals surface area contributed by atoms with E-state index in [4.69, 9.17) is 0 Å². The summed E-state index contributed by atoms with van der Waals surface area (Å²) in [7, 11) is 0. The number of rotatable bonds is 6. The monoisotopic (exact) mass is 445 g/mol. The van der Waals surface area contributed by atoms with Gasteiger partial charge in [-0.15, -0.1) is 0 Å². The van der Waals surface area contributed by atoms with Crippen molar-refractivity contribution in [3.8, 4) is 0 Å². The van der Waals surface area contributed by atoms with Gasteiger partial charge in [-0.1, -0.05) is 54.6 Å². The van der Waals surface area contributed by atoms with Crippen LogP contribution in [0.4, 0.5) is 0 Å². The molecule has 2 saturated heterocycles. The Morgan fingerprint density at radius 3 is 2.27 bits per heavy atom. The molecule has 0 radical (unpaired) electrons. The quantitative estimate of drug-likeness (QED) is 0.642. The Hall–Kier alpha value is -2.99. The summed E-state index contributed by atoms with van der Waals surface area (Å²) in [5, 5.41) is 0. The smallest absolute Gasteiger partial charge is 0.241 e. The number of carbonyl (C=O) groups excluding carboxylic acids is 3. The summed E-state index contributed by atoms with van der Waals surface area (Å²) >= 11 is 0. The highest BCUT2D eigenvalue weighted by atomic mass is 16.2. The van der Waals surface area contributed by atoms with Crippen molar-refractivity contribution in [2.45, 2.75) is 50.6 Å². The van der Waals surface area contributed by atoms with Gasteiger partial charge < -0.3 is 4.90 Å². The lowest BCUT2D eigenvalue weighted by Gasteiger charge is -2.37. The summed E-state index contributed by atoms with van der Waals surface area (Å²) in [5.41, 5.74) is 1.97. The maximum atomic E-state index is 13.7. The predicted octanol–water partition coefficient (Wildman–Crippen LogP) is 2.89. The normalized spacial score (nSPS) is 23.9. The Morgan fingerprint density at radius 1 is 0.939 bits per heavy atom. The van der Waals surface area contributed by atoms with Crippen LogP contribution in [0.15, 0.2) is 54.6 Å². The Balaban J connectivity index is 1.32. The summed E-state index contributed by atoms with van der Waals surface area (Å²) in [6, 6.07) is 18.1. The Bertz CT molecular complexity index is 1060. The molecule has 172 valence electrons. The maximum Gasteiger partial charge on any atom is 0.241 e. The number of aryl methyl sites for hydroxylation is 1. The summed E-state index contributed by atoms with van der Waals surface area (Å²) in [6.45, 7) is 5.73. The van der Waals surface area contributed by atoms with Crippen molar-refractivity contribution < 1.29 is 14.4 Å². The molecule has 6 nitrogen and oxygen atoms in total. The molecule has 33 heavy (non-hydrogen) atoms. The SMILES string of the molecule is Cc1ccccc1[C@]1(CC(=O)N2CCN(Cc3ccccc3)CC2)CC(=O)N(C2CC2)C1=O. The first-order chi connectivity index (χ1) is 16.0. The summed E-state index contributed by atoms with van der Waals surface area (Å²) < 4.78 is 0. The first kappa shape index (κ1) is 21.8. The molecule has 6 heteroatoms. The number of amides is 3. The average molecular weight is 446 g/mol. The molecule has 1 saturated carbocycles. The van der Waals surface area contributed by atoms with Gasteiger partial charge >= 0.3 is 0 Å². The van der Waals surface area contributed by atoms with Gasteiger partial charge in [-0.3, -0.25) is 24.2 Å². The van der Waals surface area contributed by atoms with Crippen molar-refractivity contribution in [3.63, 3.8) is 0 Å². The van der Waals surface area contributed by atoms with Crippen molar-refractivity contribution in [2.24, 2.45) is 0 Å². The van der Waals surface area contributed by atoms with Crippen molar-refractivity contribution in [1.82, 2.24) is 14.7 Å². The third kappa shape index (κ3) is 4.20. The third-order valence-corrected chi connectivity index (χ3v) is 7.35. The lowest BCUT2D eigenvalue weighted by atomic mass is 9.74.